The third-order valence-corrected chi connectivity index (χ3v) is 22.0. The molecule has 0 aliphatic carbocycles. The van der Waals surface area contributed by atoms with Crippen LogP contribution in [0.15, 0.2) is 266 Å². The van der Waals surface area contributed by atoms with Gasteiger partial charge in [0.2, 0.25) is 0 Å². The first-order valence-corrected chi connectivity index (χ1v) is 41.9. The van der Waals surface area contributed by atoms with Crippen LogP contribution in [0.25, 0.3) is 10.8 Å². The summed E-state index contributed by atoms with van der Waals surface area (Å²) in [5.74, 6) is -2.41. The summed E-state index contributed by atoms with van der Waals surface area (Å²) >= 11 is 28.6. The van der Waals surface area contributed by atoms with Gasteiger partial charge in [0.1, 0.15) is 13.2 Å². The van der Waals surface area contributed by atoms with E-state index in [9.17, 15) is 51.9 Å². The number of ether oxygens (including phenoxy) is 3. The first kappa shape index (κ1) is 95.4. The highest BCUT2D eigenvalue weighted by Crippen LogP contribution is 2.42. The van der Waals surface area contributed by atoms with E-state index in [0.29, 0.717) is 80.9 Å². The quantitative estimate of drug-likeness (QED) is 0.00671. The first-order chi connectivity index (χ1) is 55.8. The summed E-state index contributed by atoms with van der Waals surface area (Å²) in [7, 11) is -3.25. The molecule has 116 heavy (non-hydrogen) atoms. The molecule has 0 radical (unpaired) electrons. The first-order valence-electron chi connectivity index (χ1n) is 35.8. The van der Waals surface area contributed by atoms with Crippen molar-refractivity contribution >= 4 is 181 Å². The second-order valence-electron chi connectivity index (χ2n) is 24.2. The number of nitrogens with one attached hydrogen (secondary N) is 8. The molecule has 0 atom stereocenters. The van der Waals surface area contributed by atoms with Gasteiger partial charge in [-0.3, -0.25) is 65.5 Å². The Labute approximate surface area is 707 Å². The normalized spacial score (nSPS) is 10.9. The van der Waals surface area contributed by atoms with Gasteiger partial charge in [-0.15, -0.1) is 0 Å². The Morgan fingerprint density at radius 2 is 0.836 bits per heavy atom. The molecule has 7 amide bonds. The van der Waals surface area contributed by atoms with Gasteiger partial charge in [0.05, 0.1) is 23.4 Å². The fourth-order valence-corrected chi connectivity index (χ4v) is 14.4. The Balaban J connectivity index is 0.000000251. The summed E-state index contributed by atoms with van der Waals surface area (Å²) in [4.78, 5) is 92.1. The number of thiocarbonyl (C=S) groups is 5. The number of amides is 7. The van der Waals surface area contributed by atoms with Gasteiger partial charge in [0.25, 0.3) is 61.1 Å². The Kier molecular flexibility index (Phi) is 43.0. The summed E-state index contributed by atoms with van der Waals surface area (Å²) in [6.45, 7) is 8.97. The van der Waals surface area contributed by atoms with E-state index < -0.39 is 41.6 Å². The molecule has 0 aromatic heterocycles. The molecule has 10 rings (SSSR count). The third-order valence-electron chi connectivity index (χ3n) is 15.7. The number of hydrogen-bond acceptors (Lipinski definition) is 21. The number of esters is 1. The minimum atomic E-state index is -3.85. The third kappa shape index (κ3) is 34.1. The van der Waals surface area contributed by atoms with Gasteiger partial charge < -0.3 is 38.8 Å². The largest absolute Gasteiger partial charge is 0.471 e. The highest BCUT2D eigenvalue weighted by Gasteiger charge is 2.39. The van der Waals surface area contributed by atoms with Crippen LogP contribution in [-0.4, -0.2) is 141 Å². The molecule has 1 aliphatic rings. The number of rotatable bonds is 24. The molecule has 0 unspecified atom stereocenters. The van der Waals surface area contributed by atoms with E-state index in [4.69, 9.17) is 84.2 Å². The average Bonchev–Trinajstić information content (AvgIpc) is 1.57. The van der Waals surface area contributed by atoms with Crippen LogP contribution in [0.3, 0.4) is 0 Å². The van der Waals surface area contributed by atoms with Crippen molar-refractivity contribution in [2.24, 2.45) is 0 Å². The van der Waals surface area contributed by atoms with Crippen molar-refractivity contribution in [2.75, 3.05) is 51.1 Å². The number of carbonyl (C=O) groups is 8. The predicted octanol–water partition coefficient (Wildman–Crippen LogP) is 13.1. The number of aliphatic hydroxyl groups is 1. The van der Waals surface area contributed by atoms with Gasteiger partial charge in [-0.25, -0.2) is 17.5 Å². The van der Waals surface area contributed by atoms with Crippen LogP contribution in [0.5, 0.6) is 0 Å². The van der Waals surface area contributed by atoms with Gasteiger partial charge >= 0.3 is 14.5 Å². The number of thiol groups is 1. The van der Waals surface area contributed by atoms with Crippen LogP contribution >= 0.6 is 73.7 Å². The van der Waals surface area contributed by atoms with Crippen LogP contribution in [0.2, 0.25) is 6.04 Å². The number of hydrogen-bond donors (Lipinski definition) is 10. The monoisotopic (exact) mass is 1720 g/mol. The lowest BCUT2D eigenvalue weighted by Gasteiger charge is -2.25. The molecule has 0 saturated heterocycles. The fourth-order valence-electron chi connectivity index (χ4n) is 9.80. The molecule has 1 aliphatic heterocycles. The maximum absolute atomic E-state index is 12.9. The zero-order valence-corrected chi connectivity index (χ0v) is 70.6. The Bertz CT molecular complexity index is 4870. The van der Waals surface area contributed by atoms with Gasteiger partial charge in [-0.1, -0.05) is 209 Å². The summed E-state index contributed by atoms with van der Waals surface area (Å²) in [5, 5.41) is 31.4. The van der Waals surface area contributed by atoms with Crippen molar-refractivity contribution in [1.29, 1.82) is 0 Å². The van der Waals surface area contributed by atoms with E-state index >= 15 is 0 Å². The highest BCUT2D eigenvalue weighted by molar-refractivity contribution is 7.96. The average molecular weight is 1720 g/mol. The summed E-state index contributed by atoms with van der Waals surface area (Å²) in [6, 6.07) is 73.2. The number of unbranched alkanes of at least 4 members (excludes halogenated alkanes) is 3. The van der Waals surface area contributed by atoms with E-state index in [1.54, 1.807) is 179 Å². The van der Waals surface area contributed by atoms with Crippen LogP contribution < -0.4 is 46.8 Å². The SMILES string of the molecule is C=C(C)C(=O)OCCOC(=S)NC(=O)c1ccccc1.CCCCCCOC(=S)NC(=O)c1ccccc1.CO[Si](CO)(CCCNC(=S)NC(=O)c1ccccc1)OC.O=C(NC(=S)N1c2cccc3cccc(c23)S1(=O)=O)c1ccccc1.O=C(NC(=S)NCc1ccccc1)c1ccccc1.O=C(S)NC(=O)c1ccccc1. The second kappa shape index (κ2) is 52.3. The number of sulfonamides is 1. The number of anilines is 1. The Morgan fingerprint density at radius 3 is 1.24 bits per heavy atom. The lowest BCUT2D eigenvalue weighted by atomic mass is 10.1. The van der Waals surface area contributed by atoms with E-state index in [-0.39, 0.29) is 68.5 Å². The van der Waals surface area contributed by atoms with E-state index in [1.165, 1.54) is 12.8 Å². The number of benzene rings is 9. The Morgan fingerprint density at radius 1 is 0.457 bits per heavy atom. The molecule has 33 heteroatoms. The summed E-state index contributed by atoms with van der Waals surface area (Å²) in [5.41, 5.74) is 4.91. The van der Waals surface area contributed by atoms with Crippen molar-refractivity contribution in [1.82, 2.24) is 42.5 Å². The summed E-state index contributed by atoms with van der Waals surface area (Å²) in [6.07, 6.45) is 5.12. The molecule has 9 aromatic rings. The van der Waals surface area contributed by atoms with Crippen molar-refractivity contribution in [2.45, 2.75) is 63.4 Å². The number of carbonyl (C=O) groups excluding carboxylic acids is 8. The second-order valence-corrected chi connectivity index (χ2v) is 31.7. The van der Waals surface area contributed by atoms with E-state index in [0.717, 1.165) is 34.5 Å². The van der Waals surface area contributed by atoms with Crippen molar-refractivity contribution in [3.8, 4) is 0 Å². The van der Waals surface area contributed by atoms with Crippen LogP contribution in [0, 0.1) is 0 Å². The molecular formula is C83H89N9O16S7Si. The van der Waals surface area contributed by atoms with Crippen LogP contribution in [0.1, 0.15) is 114 Å². The highest BCUT2D eigenvalue weighted by atomic mass is 32.2. The molecule has 1 heterocycles. The van der Waals surface area contributed by atoms with Crippen molar-refractivity contribution in [3.63, 3.8) is 0 Å². The Hall–Kier alpha value is -11.2. The molecule has 0 spiro atoms. The number of imide groups is 1. The maximum Gasteiger partial charge on any atom is 0.364 e. The molecule has 0 saturated carbocycles. The lowest BCUT2D eigenvalue weighted by molar-refractivity contribution is -0.139. The number of aliphatic hydroxyl groups excluding tert-OH is 1. The molecule has 0 bridgehead atoms. The molecule has 608 valence electrons. The van der Waals surface area contributed by atoms with Crippen molar-refractivity contribution in [3.05, 3.63) is 300 Å². The molecule has 0 fully saturated rings. The molecule has 25 nitrogen and oxygen atoms in total. The predicted molar refractivity (Wildman–Crippen MR) is 474 cm³/mol. The number of nitrogens with zero attached hydrogens (tertiary/aromatic N) is 1. The zero-order valence-electron chi connectivity index (χ0n) is 63.8. The minimum Gasteiger partial charge on any atom is -0.471 e. The molecular weight excluding hydrogens is 1630 g/mol. The van der Waals surface area contributed by atoms with E-state index in [1.807, 2.05) is 96.3 Å². The standard InChI is InChI=1S/C18H12N2O3S2.C15H14N2OS.C14H22N2O4SSi.C14H15NO4S.C14H19NO2S.C8H7NO2S/c21-17(13-6-2-1-3-7-13)19-18(24)20-14-10-4-8-12-9-5-11-15(16(12)14)25(20,22)23;18-14(13-9-5-2-6-10-13)17-15(19)16-11-12-7-3-1-4-8-12;1-19-22(11-17,20-2)10-6-9-15-14(21)16-13(18)12-7-4-3-5-8-12;1-10(2)13(17)18-8-9-19-14(20)15-12(16)11-6-4-3-5-7-11;1-2-3-4-8-11-17-14(18)15-13(16)12-9-6-5-7-10-12;10-7(9-8(11)12)6-4-2-1-3-5-6/h1-11H,(H,19,21,24);1-10H,11H2,(H2,16,17,18,19);3-5,7-8,17H,6,9-11H2,1-2H3,(H2,15,16,18,21);3-7H,1,8-9H2,2H3,(H,15,16,20);5-7,9-10H,2-4,8,11H2,1H3,(H,15,16,18);1-5H,(H2,9,10,11,12). The fraction of sp³-hybridized carbons (Fsp3) is 0.193. The zero-order chi connectivity index (χ0) is 84.7. The smallest absolute Gasteiger partial charge is 0.364 e. The molecule has 9 N–H and O–H groups in total. The minimum absolute atomic E-state index is 0.0348. The van der Waals surface area contributed by atoms with Crippen molar-refractivity contribution < 1.29 is 74.9 Å². The van der Waals surface area contributed by atoms with Gasteiger partial charge in [-0.05, 0) is 183 Å². The van der Waals surface area contributed by atoms with E-state index in [2.05, 4.69) is 63.3 Å². The van der Waals surface area contributed by atoms with Gasteiger partial charge in [0.15, 0.2) is 15.3 Å². The molecule has 9 aromatic carbocycles. The van der Waals surface area contributed by atoms with Gasteiger partial charge in [0, 0.05) is 71.6 Å². The van der Waals surface area contributed by atoms with Gasteiger partial charge in [-0.2, -0.15) is 0 Å². The maximum atomic E-state index is 12.9. The summed E-state index contributed by atoms with van der Waals surface area (Å²) < 4.78 is 52.6. The lowest BCUT2D eigenvalue weighted by Crippen LogP contribution is -2.45. The topological polar surface area (TPSA) is 337 Å². The van der Waals surface area contributed by atoms with Crippen LogP contribution in [0.4, 0.5) is 10.5 Å². The van der Waals surface area contributed by atoms with Crippen LogP contribution in [-0.2, 0) is 44.4 Å².